The molecular formula is C27H27N3O6. The van der Waals surface area contributed by atoms with Gasteiger partial charge >= 0.3 is 12.1 Å². The Labute approximate surface area is 208 Å². The minimum Gasteiger partial charge on any atom is -0.497 e. The number of aliphatic carboxylic acids is 1. The second-order valence-corrected chi connectivity index (χ2v) is 8.07. The Morgan fingerprint density at radius 2 is 1.64 bits per heavy atom. The van der Waals surface area contributed by atoms with Crippen LogP contribution in [-0.2, 0) is 17.9 Å². The number of imidazole rings is 1. The summed E-state index contributed by atoms with van der Waals surface area (Å²) in [5.74, 6) is 1.14. The molecule has 0 spiro atoms. The molecule has 0 aliphatic heterocycles. The number of H-pyrrole nitrogens is 1. The van der Waals surface area contributed by atoms with Crippen LogP contribution < -0.4 is 14.2 Å². The second-order valence-electron chi connectivity index (χ2n) is 8.07. The predicted molar refractivity (Wildman–Crippen MR) is 133 cm³/mol. The number of methoxy groups -OCH3 is 1. The number of hydrogen-bond donors (Lipinski definition) is 2. The summed E-state index contributed by atoms with van der Waals surface area (Å²) in [4.78, 5) is 33.7. The van der Waals surface area contributed by atoms with E-state index in [-0.39, 0.29) is 19.6 Å². The number of benzene rings is 3. The third-order valence-electron chi connectivity index (χ3n) is 5.64. The number of nitrogens with zero attached hydrogens (tertiary/aromatic N) is 2. The van der Waals surface area contributed by atoms with Gasteiger partial charge in [0.25, 0.3) is 0 Å². The molecule has 0 bridgehead atoms. The number of carbonyl (C=O) groups is 2. The van der Waals surface area contributed by atoms with Crippen LogP contribution in [0, 0.1) is 0 Å². The van der Waals surface area contributed by atoms with Crippen LogP contribution in [0.5, 0.6) is 17.2 Å². The molecule has 0 fully saturated rings. The fraction of sp³-hybridized carbons (Fsp3) is 0.222. The number of ether oxygens (including phenoxy) is 3. The van der Waals surface area contributed by atoms with Crippen LogP contribution >= 0.6 is 0 Å². The van der Waals surface area contributed by atoms with Crippen molar-refractivity contribution in [3.63, 3.8) is 0 Å². The lowest BCUT2D eigenvalue weighted by atomic mass is 10.1. The fourth-order valence-corrected chi connectivity index (χ4v) is 3.75. The minimum atomic E-state index is -1.10. The molecule has 1 aromatic heterocycles. The Morgan fingerprint density at radius 1 is 0.972 bits per heavy atom. The van der Waals surface area contributed by atoms with Gasteiger partial charge in [-0.2, -0.15) is 0 Å². The molecule has 1 unspecified atom stereocenters. The summed E-state index contributed by atoms with van der Waals surface area (Å²) in [6.07, 6.45) is -0.522. The number of aromatic nitrogens is 2. The Morgan fingerprint density at radius 3 is 2.28 bits per heavy atom. The predicted octanol–water partition coefficient (Wildman–Crippen LogP) is 5.01. The second kappa shape index (κ2) is 11.3. The maximum atomic E-state index is 13.0. The summed E-state index contributed by atoms with van der Waals surface area (Å²) >= 11 is 0. The van der Waals surface area contributed by atoms with Crippen molar-refractivity contribution >= 4 is 23.1 Å². The molecule has 0 radical (unpaired) electrons. The van der Waals surface area contributed by atoms with Crippen molar-refractivity contribution in [2.45, 2.75) is 32.5 Å². The van der Waals surface area contributed by atoms with Crippen molar-refractivity contribution in [1.29, 1.82) is 0 Å². The first-order chi connectivity index (χ1) is 17.5. The molecule has 9 nitrogen and oxygen atoms in total. The summed E-state index contributed by atoms with van der Waals surface area (Å²) in [7, 11) is 1.54. The first kappa shape index (κ1) is 24.6. The van der Waals surface area contributed by atoms with Crippen LogP contribution in [0.2, 0.25) is 0 Å². The van der Waals surface area contributed by atoms with Crippen molar-refractivity contribution in [1.82, 2.24) is 14.9 Å². The third kappa shape index (κ3) is 5.93. The molecule has 2 N–H and O–H groups in total. The highest BCUT2D eigenvalue weighted by Gasteiger charge is 2.30. The van der Waals surface area contributed by atoms with Gasteiger partial charge in [0.1, 0.15) is 35.7 Å². The normalized spacial score (nSPS) is 11.6. The van der Waals surface area contributed by atoms with Gasteiger partial charge in [-0.1, -0.05) is 31.2 Å². The van der Waals surface area contributed by atoms with E-state index in [0.29, 0.717) is 23.1 Å². The number of fused-ring (bicyclic) bond motifs is 1. The molecule has 9 heteroatoms. The van der Waals surface area contributed by atoms with Gasteiger partial charge in [-0.05, 0) is 60.5 Å². The monoisotopic (exact) mass is 489 g/mol. The highest BCUT2D eigenvalue weighted by molar-refractivity contribution is 5.81. The number of nitrogens with one attached hydrogen (secondary N) is 1. The summed E-state index contributed by atoms with van der Waals surface area (Å²) in [5, 5.41) is 9.68. The topological polar surface area (TPSA) is 114 Å². The van der Waals surface area contributed by atoms with E-state index in [1.165, 1.54) is 12.0 Å². The summed E-state index contributed by atoms with van der Waals surface area (Å²) in [6.45, 7) is 2.04. The molecule has 186 valence electrons. The lowest BCUT2D eigenvalue weighted by Gasteiger charge is -2.27. The molecular weight excluding hydrogens is 462 g/mol. The molecule has 1 amide bonds. The fourth-order valence-electron chi connectivity index (χ4n) is 3.75. The van der Waals surface area contributed by atoms with Gasteiger partial charge in [-0.15, -0.1) is 0 Å². The molecule has 0 aliphatic carbocycles. The van der Waals surface area contributed by atoms with Crippen LogP contribution in [-0.4, -0.2) is 45.2 Å². The Kier molecular flexibility index (Phi) is 7.69. The van der Waals surface area contributed by atoms with Gasteiger partial charge in [0.2, 0.25) is 0 Å². The smallest absolute Gasteiger partial charge is 0.416 e. The number of para-hydroxylation sites is 2. The zero-order chi connectivity index (χ0) is 25.5. The number of hydrogen-bond acceptors (Lipinski definition) is 6. The van der Waals surface area contributed by atoms with Crippen LogP contribution in [0.4, 0.5) is 4.79 Å². The zero-order valence-corrected chi connectivity index (χ0v) is 20.0. The van der Waals surface area contributed by atoms with Gasteiger partial charge in [0.05, 0.1) is 18.1 Å². The lowest BCUT2D eigenvalue weighted by molar-refractivity contribution is -0.142. The SMILES string of the molecule is CCC(C(=O)O)N(Cc1ccc(OCc2nc3ccccc3[nH]2)cc1)C(=O)Oc1ccc(OC)cc1. The van der Waals surface area contributed by atoms with Crippen molar-refractivity contribution in [2.75, 3.05) is 7.11 Å². The Balaban J connectivity index is 1.43. The van der Waals surface area contributed by atoms with Crippen molar-refractivity contribution in [3.05, 3.63) is 84.2 Å². The third-order valence-corrected chi connectivity index (χ3v) is 5.64. The number of carbonyl (C=O) groups excluding carboxylic acids is 1. The van der Waals surface area contributed by atoms with E-state index in [2.05, 4.69) is 9.97 Å². The molecule has 36 heavy (non-hydrogen) atoms. The summed E-state index contributed by atoms with van der Waals surface area (Å²) in [5.41, 5.74) is 2.55. The number of carboxylic acid groups (broad SMARTS) is 1. The van der Waals surface area contributed by atoms with Crippen molar-refractivity contribution in [3.8, 4) is 17.2 Å². The maximum absolute atomic E-state index is 13.0. The summed E-state index contributed by atoms with van der Waals surface area (Å²) in [6, 6.07) is 20.3. The van der Waals surface area contributed by atoms with Gasteiger partial charge < -0.3 is 24.3 Å². The average Bonchev–Trinajstić information content (AvgIpc) is 3.31. The number of amides is 1. The highest BCUT2D eigenvalue weighted by atomic mass is 16.6. The van der Waals surface area contributed by atoms with E-state index < -0.39 is 18.1 Å². The average molecular weight is 490 g/mol. The molecule has 0 saturated heterocycles. The zero-order valence-electron chi connectivity index (χ0n) is 20.0. The molecule has 1 heterocycles. The Hall–Kier alpha value is -4.53. The van der Waals surface area contributed by atoms with Crippen LogP contribution in [0.1, 0.15) is 24.7 Å². The number of rotatable bonds is 10. The standard InChI is InChI=1S/C27H27N3O6/c1-3-24(26(31)32)30(27(33)36-21-14-12-19(34-2)13-15-21)16-18-8-10-20(11-9-18)35-17-25-28-22-6-4-5-7-23(22)29-25/h4-15,24H,3,16-17H2,1-2H3,(H,28,29)(H,31,32). The largest absolute Gasteiger partial charge is 0.497 e. The van der Waals surface area contributed by atoms with Gasteiger partial charge in [-0.3, -0.25) is 4.90 Å². The van der Waals surface area contributed by atoms with E-state index in [1.807, 2.05) is 24.3 Å². The molecule has 3 aromatic carbocycles. The van der Waals surface area contributed by atoms with Gasteiger partial charge in [-0.25, -0.2) is 14.6 Å². The molecule has 0 saturated carbocycles. The number of carboxylic acids is 1. The van der Waals surface area contributed by atoms with Gasteiger partial charge in [0.15, 0.2) is 0 Å². The first-order valence-corrected chi connectivity index (χ1v) is 11.5. The van der Waals surface area contributed by atoms with Crippen LogP contribution in [0.3, 0.4) is 0 Å². The first-order valence-electron chi connectivity index (χ1n) is 11.5. The van der Waals surface area contributed by atoms with Crippen molar-refractivity contribution in [2.24, 2.45) is 0 Å². The maximum Gasteiger partial charge on any atom is 0.416 e. The lowest BCUT2D eigenvalue weighted by Crippen LogP contribution is -2.45. The highest BCUT2D eigenvalue weighted by Crippen LogP contribution is 2.21. The minimum absolute atomic E-state index is 0.0592. The quantitative estimate of drug-likeness (QED) is 0.322. The molecule has 4 aromatic rings. The van der Waals surface area contributed by atoms with Crippen LogP contribution in [0.25, 0.3) is 11.0 Å². The Bertz CT molecular complexity index is 1280. The molecule has 4 rings (SSSR count). The summed E-state index contributed by atoms with van der Waals surface area (Å²) < 4.78 is 16.4. The van der Waals surface area contributed by atoms with Gasteiger partial charge in [0, 0.05) is 6.54 Å². The molecule has 1 atom stereocenters. The number of aromatic amines is 1. The van der Waals surface area contributed by atoms with Crippen LogP contribution in [0.15, 0.2) is 72.8 Å². The van der Waals surface area contributed by atoms with E-state index >= 15 is 0 Å². The van der Waals surface area contributed by atoms with E-state index in [9.17, 15) is 14.7 Å². The molecule has 0 aliphatic rings. The van der Waals surface area contributed by atoms with Crippen molar-refractivity contribution < 1.29 is 28.9 Å². The van der Waals surface area contributed by atoms with E-state index in [1.54, 1.807) is 55.5 Å². The van der Waals surface area contributed by atoms with E-state index in [0.717, 1.165) is 16.6 Å². The van der Waals surface area contributed by atoms with E-state index in [4.69, 9.17) is 14.2 Å².